The van der Waals surface area contributed by atoms with Crippen LogP contribution in [0.4, 0.5) is 0 Å². The first-order valence-electron chi connectivity index (χ1n) is 8.27. The van der Waals surface area contributed by atoms with E-state index in [4.69, 9.17) is 0 Å². The molecule has 2 heteroatoms. The Morgan fingerprint density at radius 2 is 0.792 bits per heavy atom. The van der Waals surface area contributed by atoms with Crippen molar-refractivity contribution in [3.05, 3.63) is 89.5 Å². The van der Waals surface area contributed by atoms with Crippen molar-refractivity contribution in [2.24, 2.45) is 0 Å². The summed E-state index contributed by atoms with van der Waals surface area (Å²) in [7, 11) is 0. The molecule has 0 atom stereocenters. The topological polar surface area (TPSA) is 0 Å². The molecule has 0 N–H and O–H groups in total. The van der Waals surface area contributed by atoms with E-state index >= 15 is 0 Å². The van der Waals surface area contributed by atoms with Gasteiger partial charge in [-0.3, -0.25) is 0 Å². The molecule has 0 aliphatic carbocycles. The summed E-state index contributed by atoms with van der Waals surface area (Å²) >= 11 is 2.81. The van der Waals surface area contributed by atoms with Crippen molar-refractivity contribution in [2.75, 3.05) is 6.66 Å². The summed E-state index contributed by atoms with van der Waals surface area (Å²) in [5.74, 6) is 0. The molecular weight excluding hydrogens is 422 g/mol. The number of rotatable bonds is 3. The Kier molecular flexibility index (Phi) is 4.61. The first kappa shape index (κ1) is 17.6. The summed E-state index contributed by atoms with van der Waals surface area (Å²) in [4.78, 5) is 0. The third-order valence-corrected chi connectivity index (χ3v) is 14.7. The molecule has 0 nitrogen and oxygen atoms in total. The predicted molar refractivity (Wildman–Crippen MR) is 119 cm³/mol. The number of benzene rings is 3. The van der Waals surface area contributed by atoms with Crippen molar-refractivity contribution < 1.29 is 0 Å². The first-order chi connectivity index (χ1) is 11.4. The van der Waals surface area contributed by atoms with Gasteiger partial charge in [0.15, 0.2) is 0 Å². The van der Waals surface area contributed by atoms with Gasteiger partial charge < -0.3 is 0 Å². The Bertz CT molecular complexity index is 778. The maximum absolute atomic E-state index is 2.81. The number of halogens is 1. The SMILES string of the molecule is Cc1ccccc1P(C)(I)(c1ccccc1C)c1ccccc1C. The van der Waals surface area contributed by atoms with Crippen LogP contribution in [0.25, 0.3) is 0 Å². The molecule has 0 saturated carbocycles. The molecule has 0 aromatic heterocycles. The molecular formula is C22H24IP. The predicted octanol–water partition coefficient (Wildman–Crippen LogP) is 5.42. The van der Waals surface area contributed by atoms with Crippen molar-refractivity contribution in [2.45, 2.75) is 20.8 Å². The van der Waals surface area contributed by atoms with Crippen molar-refractivity contribution in [3.8, 4) is 0 Å². The van der Waals surface area contributed by atoms with Gasteiger partial charge in [-0.25, -0.2) is 0 Å². The van der Waals surface area contributed by atoms with E-state index in [1.807, 2.05) is 0 Å². The van der Waals surface area contributed by atoms with Crippen molar-refractivity contribution >= 4 is 42.2 Å². The van der Waals surface area contributed by atoms with E-state index in [1.54, 1.807) is 0 Å². The summed E-state index contributed by atoms with van der Waals surface area (Å²) in [6.07, 6.45) is 0. The summed E-state index contributed by atoms with van der Waals surface area (Å²) in [6.45, 7) is 9.24. The summed E-state index contributed by atoms with van der Waals surface area (Å²) < 4.78 is -2.55. The molecule has 0 aliphatic heterocycles. The van der Waals surface area contributed by atoms with Crippen LogP contribution in [-0.4, -0.2) is 6.66 Å². The number of aryl methyl sites for hydroxylation is 3. The molecule has 0 amide bonds. The second kappa shape index (κ2) is 6.28. The van der Waals surface area contributed by atoms with Gasteiger partial charge in [0, 0.05) is 0 Å². The molecule has 0 spiro atoms. The van der Waals surface area contributed by atoms with Gasteiger partial charge in [0.1, 0.15) is 0 Å². The molecule has 0 aliphatic rings. The van der Waals surface area contributed by atoms with Crippen molar-refractivity contribution in [1.82, 2.24) is 0 Å². The Morgan fingerprint density at radius 1 is 0.542 bits per heavy atom. The van der Waals surface area contributed by atoms with Crippen LogP contribution in [0.2, 0.25) is 0 Å². The molecule has 3 rings (SSSR count). The van der Waals surface area contributed by atoms with Gasteiger partial charge in [0.2, 0.25) is 0 Å². The van der Waals surface area contributed by atoms with Crippen LogP contribution < -0.4 is 15.9 Å². The fraction of sp³-hybridized carbons (Fsp3) is 0.182. The molecule has 0 heterocycles. The fourth-order valence-electron chi connectivity index (χ4n) is 3.87. The van der Waals surface area contributed by atoms with Crippen LogP contribution in [0.5, 0.6) is 0 Å². The number of hydrogen-bond donors (Lipinski definition) is 0. The summed E-state index contributed by atoms with van der Waals surface area (Å²) in [5.41, 5.74) is 4.12. The average molecular weight is 446 g/mol. The Labute approximate surface area is 158 Å². The molecule has 0 unspecified atom stereocenters. The molecule has 0 bridgehead atoms. The molecule has 124 valence electrons. The van der Waals surface area contributed by atoms with Crippen LogP contribution >= 0.6 is 26.3 Å². The van der Waals surface area contributed by atoms with Gasteiger partial charge in [-0.05, 0) is 0 Å². The van der Waals surface area contributed by atoms with Gasteiger partial charge in [-0.2, -0.15) is 0 Å². The molecule has 0 radical (unpaired) electrons. The minimum absolute atomic E-state index is 1.37. The Hall–Kier alpha value is -1.18. The molecule has 3 aromatic rings. The van der Waals surface area contributed by atoms with E-state index in [1.165, 1.54) is 32.6 Å². The zero-order chi connectivity index (χ0) is 17.4. The monoisotopic (exact) mass is 446 g/mol. The van der Waals surface area contributed by atoms with E-state index in [2.05, 4.69) is 122 Å². The first-order valence-corrected chi connectivity index (χ1v) is 13.7. The zero-order valence-electron chi connectivity index (χ0n) is 14.8. The van der Waals surface area contributed by atoms with Gasteiger partial charge in [-0.1, -0.05) is 0 Å². The number of hydrogen-bond acceptors (Lipinski definition) is 0. The third kappa shape index (κ3) is 2.62. The normalized spacial score (nSPS) is 13.3. The zero-order valence-corrected chi connectivity index (χ0v) is 17.8. The van der Waals surface area contributed by atoms with Crippen LogP contribution in [-0.2, 0) is 0 Å². The van der Waals surface area contributed by atoms with E-state index in [9.17, 15) is 0 Å². The Morgan fingerprint density at radius 3 is 1.04 bits per heavy atom. The van der Waals surface area contributed by atoms with Gasteiger partial charge in [0.05, 0.1) is 0 Å². The van der Waals surface area contributed by atoms with Gasteiger partial charge >= 0.3 is 159 Å². The molecule has 24 heavy (non-hydrogen) atoms. The van der Waals surface area contributed by atoms with E-state index in [0.717, 1.165) is 0 Å². The van der Waals surface area contributed by atoms with Gasteiger partial charge in [-0.15, -0.1) is 0 Å². The molecule has 0 fully saturated rings. The maximum atomic E-state index is 2.81. The van der Waals surface area contributed by atoms with Crippen molar-refractivity contribution in [3.63, 3.8) is 0 Å². The fourth-order valence-corrected chi connectivity index (χ4v) is 13.6. The quantitative estimate of drug-likeness (QED) is 0.372. The second-order valence-electron chi connectivity index (χ2n) is 6.79. The average Bonchev–Trinajstić information content (AvgIpc) is 2.56. The van der Waals surface area contributed by atoms with Gasteiger partial charge in [0.25, 0.3) is 0 Å². The van der Waals surface area contributed by atoms with E-state index < -0.39 is 4.25 Å². The standard InChI is InChI=1S/C22H24IP/c1-17-11-5-8-14-20(17)24(4,23,21-15-9-6-12-18(21)2)22-16-10-7-13-19(22)3/h5-16H,1-4H3. The van der Waals surface area contributed by atoms with Crippen molar-refractivity contribution in [1.29, 1.82) is 0 Å². The summed E-state index contributed by atoms with van der Waals surface area (Å²) in [6, 6.07) is 26.7. The van der Waals surface area contributed by atoms with Crippen LogP contribution in [0.1, 0.15) is 16.7 Å². The van der Waals surface area contributed by atoms with Crippen LogP contribution in [0.15, 0.2) is 72.8 Å². The van der Waals surface area contributed by atoms with Crippen LogP contribution in [0.3, 0.4) is 0 Å². The van der Waals surface area contributed by atoms with Crippen LogP contribution in [0, 0.1) is 20.8 Å². The van der Waals surface area contributed by atoms with E-state index in [0.29, 0.717) is 0 Å². The Balaban J connectivity index is 2.50. The molecule has 0 saturated heterocycles. The molecule has 3 aromatic carbocycles. The second-order valence-corrected chi connectivity index (χ2v) is 18.3. The van der Waals surface area contributed by atoms with E-state index in [-0.39, 0.29) is 0 Å². The summed E-state index contributed by atoms with van der Waals surface area (Å²) in [5, 5.41) is 4.44. The minimum atomic E-state index is -2.55. The third-order valence-electron chi connectivity index (χ3n) is 5.06.